The molecule has 0 aromatic heterocycles. The highest BCUT2D eigenvalue weighted by Gasteiger charge is 2.36. The molecule has 0 spiro atoms. The van der Waals surface area contributed by atoms with Crippen molar-refractivity contribution in [1.29, 1.82) is 0 Å². The van der Waals surface area contributed by atoms with Crippen molar-refractivity contribution in [1.82, 2.24) is 0 Å². The number of ether oxygens (including phenoxy) is 1. The van der Waals surface area contributed by atoms with E-state index in [0.717, 1.165) is 32.1 Å². The molecule has 5 heteroatoms. The number of carbonyl (C=O) groups is 1. The molecule has 0 radical (unpaired) electrons. The number of hydrogen-bond acceptors (Lipinski definition) is 4. The molecule has 5 nitrogen and oxygen atoms in total. The van der Waals surface area contributed by atoms with Gasteiger partial charge in [0, 0.05) is 0 Å². The fourth-order valence-electron chi connectivity index (χ4n) is 4.41. The molecule has 1 N–H and O–H groups in total. The lowest BCUT2D eigenvalue weighted by atomic mass is 10.0. The van der Waals surface area contributed by atoms with Gasteiger partial charge in [-0.3, -0.25) is 4.79 Å². The van der Waals surface area contributed by atoms with Crippen LogP contribution in [0.3, 0.4) is 0 Å². The first-order chi connectivity index (χ1) is 15.2. The van der Waals surface area contributed by atoms with Crippen molar-refractivity contribution in [3.05, 3.63) is 24.3 Å². The van der Waals surface area contributed by atoms with Crippen LogP contribution in [0.5, 0.6) is 0 Å². The predicted molar refractivity (Wildman–Crippen MR) is 124 cm³/mol. The molecule has 2 aliphatic rings. The van der Waals surface area contributed by atoms with E-state index in [0.29, 0.717) is 6.10 Å². The molecule has 0 aromatic carbocycles. The molecule has 31 heavy (non-hydrogen) atoms. The number of carboxylic acids is 1. The maximum absolute atomic E-state index is 10.8. The lowest BCUT2D eigenvalue weighted by Crippen LogP contribution is -2.37. The molecule has 0 unspecified atom stereocenters. The van der Waals surface area contributed by atoms with Crippen molar-refractivity contribution in [3.63, 3.8) is 0 Å². The van der Waals surface area contributed by atoms with Gasteiger partial charge in [0.25, 0.3) is 0 Å². The van der Waals surface area contributed by atoms with E-state index in [1.165, 1.54) is 64.2 Å². The first-order valence-electron chi connectivity index (χ1n) is 12.7. The van der Waals surface area contributed by atoms with Crippen molar-refractivity contribution in [3.8, 4) is 0 Å². The molecule has 0 aliphatic carbocycles. The normalized spacial score (nSPS) is 26.9. The highest BCUT2D eigenvalue weighted by molar-refractivity contribution is 5.67. The number of rotatable bonds is 16. The van der Waals surface area contributed by atoms with Gasteiger partial charge < -0.3 is 9.84 Å². The van der Waals surface area contributed by atoms with Gasteiger partial charge in [0.05, 0.1) is 18.6 Å². The highest BCUT2D eigenvalue weighted by Crippen LogP contribution is 2.31. The zero-order chi connectivity index (χ0) is 22.2. The van der Waals surface area contributed by atoms with Crippen LogP contribution in [0.4, 0.5) is 0 Å². The van der Waals surface area contributed by atoms with Crippen LogP contribution in [-0.4, -0.2) is 35.5 Å². The van der Waals surface area contributed by atoms with E-state index in [4.69, 9.17) is 19.6 Å². The standard InChI is InChI=1S/C26H44O5/c1-2-3-4-5-6-7-8-9-10-11-12-13-14-15-16-22-17-19-24(29-22)25-20-18-23(30-31-25)21-26(27)28/h5-8,22-25H,2-4,9-21H2,1H3,(H,27,28)/b6-5-,8-7-/t22-,23+,24+,25+/m1/s1. The lowest BCUT2D eigenvalue weighted by Gasteiger charge is -2.30. The Morgan fingerprint density at radius 1 is 0.806 bits per heavy atom. The summed E-state index contributed by atoms with van der Waals surface area (Å²) >= 11 is 0. The summed E-state index contributed by atoms with van der Waals surface area (Å²) in [6.45, 7) is 2.23. The maximum Gasteiger partial charge on any atom is 0.306 e. The topological polar surface area (TPSA) is 65.0 Å². The number of allylic oxidation sites excluding steroid dienone is 4. The Morgan fingerprint density at radius 3 is 2.13 bits per heavy atom. The summed E-state index contributed by atoms with van der Waals surface area (Å²) in [5.74, 6) is -0.841. The first-order valence-corrected chi connectivity index (χ1v) is 12.7. The minimum atomic E-state index is -0.841. The van der Waals surface area contributed by atoms with Crippen LogP contribution in [-0.2, 0) is 19.3 Å². The molecule has 2 fully saturated rings. The van der Waals surface area contributed by atoms with Crippen LogP contribution in [0.1, 0.15) is 110 Å². The molecular weight excluding hydrogens is 392 g/mol. The smallest absolute Gasteiger partial charge is 0.306 e. The summed E-state index contributed by atoms with van der Waals surface area (Å²) in [5, 5.41) is 8.84. The highest BCUT2D eigenvalue weighted by atomic mass is 17.2. The molecule has 2 saturated heterocycles. The molecule has 0 aromatic rings. The third-order valence-corrected chi connectivity index (χ3v) is 6.30. The van der Waals surface area contributed by atoms with E-state index >= 15 is 0 Å². The molecule has 2 heterocycles. The maximum atomic E-state index is 10.8. The summed E-state index contributed by atoms with van der Waals surface area (Å²) in [6.07, 6.45) is 26.6. The quantitative estimate of drug-likeness (QED) is 0.162. The van der Waals surface area contributed by atoms with E-state index in [1.807, 2.05) is 0 Å². The summed E-state index contributed by atoms with van der Waals surface area (Å²) in [4.78, 5) is 21.5. The number of unbranched alkanes of at least 4 members (excludes halogenated alkanes) is 8. The lowest BCUT2D eigenvalue weighted by molar-refractivity contribution is -0.385. The second kappa shape index (κ2) is 16.5. The summed E-state index contributed by atoms with van der Waals surface area (Å²) < 4.78 is 6.20. The molecule has 0 saturated carbocycles. The van der Waals surface area contributed by atoms with Crippen molar-refractivity contribution in [2.45, 2.75) is 134 Å². The van der Waals surface area contributed by atoms with E-state index in [1.54, 1.807) is 0 Å². The van der Waals surface area contributed by atoms with Crippen molar-refractivity contribution in [2.75, 3.05) is 0 Å². The Balaban J connectivity index is 1.40. The largest absolute Gasteiger partial charge is 0.481 e. The molecule has 2 aliphatic heterocycles. The molecule has 2 rings (SSSR count). The number of carboxylic acid groups (broad SMARTS) is 1. The summed E-state index contributed by atoms with van der Waals surface area (Å²) in [5.41, 5.74) is 0. The van der Waals surface area contributed by atoms with Crippen molar-refractivity contribution in [2.24, 2.45) is 0 Å². The zero-order valence-electron chi connectivity index (χ0n) is 19.5. The fourth-order valence-corrected chi connectivity index (χ4v) is 4.41. The Morgan fingerprint density at radius 2 is 1.45 bits per heavy atom. The second-order valence-corrected chi connectivity index (χ2v) is 9.10. The number of aliphatic carboxylic acids is 1. The van der Waals surface area contributed by atoms with Crippen LogP contribution >= 0.6 is 0 Å². The molecular formula is C26H44O5. The van der Waals surface area contributed by atoms with Crippen LogP contribution in [0, 0.1) is 0 Å². The predicted octanol–water partition coefficient (Wildman–Crippen LogP) is 6.91. The average Bonchev–Trinajstić information content (AvgIpc) is 3.23. The third-order valence-electron chi connectivity index (χ3n) is 6.30. The van der Waals surface area contributed by atoms with Gasteiger partial charge in [-0.05, 0) is 51.4 Å². The molecule has 178 valence electrons. The van der Waals surface area contributed by atoms with Gasteiger partial charge in [-0.2, -0.15) is 0 Å². The summed E-state index contributed by atoms with van der Waals surface area (Å²) in [7, 11) is 0. The van der Waals surface area contributed by atoms with Gasteiger partial charge in [-0.15, -0.1) is 0 Å². The first kappa shape index (κ1) is 26.1. The minimum absolute atomic E-state index is 0.00797. The van der Waals surface area contributed by atoms with Crippen LogP contribution < -0.4 is 0 Å². The Labute approximate surface area is 189 Å². The third kappa shape index (κ3) is 11.9. The molecule has 4 atom stereocenters. The Hall–Kier alpha value is -1.17. The van der Waals surface area contributed by atoms with Gasteiger partial charge in [-0.25, -0.2) is 9.78 Å². The fraction of sp³-hybridized carbons (Fsp3) is 0.808. The molecule has 0 amide bonds. The van der Waals surface area contributed by atoms with Crippen LogP contribution in [0.2, 0.25) is 0 Å². The van der Waals surface area contributed by atoms with Crippen LogP contribution in [0.15, 0.2) is 24.3 Å². The summed E-state index contributed by atoms with van der Waals surface area (Å²) in [6, 6.07) is 0. The van der Waals surface area contributed by atoms with Gasteiger partial charge in [0.2, 0.25) is 0 Å². The van der Waals surface area contributed by atoms with E-state index < -0.39 is 5.97 Å². The van der Waals surface area contributed by atoms with E-state index in [9.17, 15) is 4.79 Å². The van der Waals surface area contributed by atoms with E-state index in [2.05, 4.69) is 31.2 Å². The Bertz CT molecular complexity index is 522. The van der Waals surface area contributed by atoms with Crippen LogP contribution in [0.25, 0.3) is 0 Å². The van der Waals surface area contributed by atoms with Crippen molar-refractivity contribution < 1.29 is 24.4 Å². The number of hydrogen-bond donors (Lipinski definition) is 1. The van der Waals surface area contributed by atoms with Gasteiger partial charge in [0.1, 0.15) is 12.2 Å². The SMILES string of the molecule is CCCC/C=C\C=C/CCCCCCCC[C@@H]1CC[C@@H]([C@@H]2CC[C@@H](CC(=O)O)OO2)O1. The van der Waals surface area contributed by atoms with Crippen molar-refractivity contribution >= 4 is 5.97 Å². The molecule has 0 bridgehead atoms. The average molecular weight is 437 g/mol. The van der Waals surface area contributed by atoms with E-state index in [-0.39, 0.29) is 24.7 Å². The van der Waals surface area contributed by atoms with Gasteiger partial charge >= 0.3 is 5.97 Å². The Kier molecular flexibility index (Phi) is 13.9. The zero-order valence-corrected chi connectivity index (χ0v) is 19.5. The van der Waals surface area contributed by atoms with Gasteiger partial charge in [-0.1, -0.05) is 76.2 Å². The second-order valence-electron chi connectivity index (χ2n) is 9.10. The van der Waals surface area contributed by atoms with Gasteiger partial charge in [0.15, 0.2) is 0 Å². The monoisotopic (exact) mass is 436 g/mol. The minimum Gasteiger partial charge on any atom is -0.481 e.